The first kappa shape index (κ1) is 14.6. The Morgan fingerprint density at radius 1 is 1.39 bits per heavy atom. The van der Waals surface area contributed by atoms with E-state index in [1.807, 2.05) is 0 Å². The van der Waals surface area contributed by atoms with E-state index in [0.717, 1.165) is 0 Å². The van der Waals surface area contributed by atoms with Crippen LogP contribution < -0.4 is 10.5 Å². The van der Waals surface area contributed by atoms with Crippen LogP contribution in [0.2, 0.25) is 0 Å². The summed E-state index contributed by atoms with van der Waals surface area (Å²) in [4.78, 5) is 11.8. The fourth-order valence-corrected chi connectivity index (χ4v) is 2.05. The Bertz CT molecular complexity index is 426. The van der Waals surface area contributed by atoms with Crippen molar-refractivity contribution in [2.45, 2.75) is 18.7 Å². The van der Waals surface area contributed by atoms with Crippen molar-refractivity contribution < 1.29 is 18.7 Å². The van der Waals surface area contributed by atoms with Crippen molar-refractivity contribution in [2.24, 2.45) is 0 Å². The van der Waals surface area contributed by atoms with Gasteiger partial charge in [0.1, 0.15) is 0 Å². The molecule has 0 aliphatic rings. The molecule has 1 aromatic carbocycles. The van der Waals surface area contributed by atoms with Crippen LogP contribution >= 0.6 is 11.8 Å². The van der Waals surface area contributed by atoms with E-state index in [0.29, 0.717) is 18.1 Å². The quantitative estimate of drug-likeness (QED) is 0.490. The number of halogens is 1. The second-order valence-corrected chi connectivity index (χ2v) is 4.36. The lowest BCUT2D eigenvalue weighted by Gasteiger charge is -2.10. The minimum absolute atomic E-state index is 0.134. The predicted octanol–water partition coefficient (Wildman–Crippen LogP) is 2.46. The molecule has 0 radical (unpaired) electrons. The van der Waals surface area contributed by atoms with Crippen LogP contribution in [0.3, 0.4) is 0 Å². The highest BCUT2D eigenvalue weighted by Gasteiger charge is 2.11. The van der Waals surface area contributed by atoms with Crippen LogP contribution in [-0.2, 0) is 9.53 Å². The summed E-state index contributed by atoms with van der Waals surface area (Å²) in [6.45, 7) is 4.20. The third-order valence-electron chi connectivity index (χ3n) is 2.02. The predicted molar refractivity (Wildman–Crippen MR) is 69.3 cm³/mol. The summed E-state index contributed by atoms with van der Waals surface area (Å²) in [6, 6.07) is 2.69. The van der Waals surface area contributed by atoms with Crippen LogP contribution in [0, 0.1) is 5.82 Å². The van der Waals surface area contributed by atoms with Crippen molar-refractivity contribution >= 4 is 23.4 Å². The minimum atomic E-state index is -0.505. The van der Waals surface area contributed by atoms with Crippen molar-refractivity contribution in [1.82, 2.24) is 0 Å². The van der Waals surface area contributed by atoms with E-state index in [1.54, 1.807) is 13.8 Å². The van der Waals surface area contributed by atoms with Gasteiger partial charge in [-0.1, -0.05) is 0 Å². The fourth-order valence-electron chi connectivity index (χ4n) is 1.28. The van der Waals surface area contributed by atoms with Crippen LogP contribution in [0.5, 0.6) is 5.75 Å². The van der Waals surface area contributed by atoms with Crippen LogP contribution in [0.15, 0.2) is 17.0 Å². The Morgan fingerprint density at radius 2 is 2.11 bits per heavy atom. The zero-order chi connectivity index (χ0) is 13.5. The summed E-state index contributed by atoms with van der Waals surface area (Å²) in [5.74, 6) is -0.563. The van der Waals surface area contributed by atoms with E-state index in [1.165, 1.54) is 23.9 Å². The van der Waals surface area contributed by atoms with Crippen molar-refractivity contribution in [2.75, 3.05) is 24.7 Å². The Kier molecular flexibility index (Phi) is 5.77. The normalized spacial score (nSPS) is 10.2. The number of benzene rings is 1. The minimum Gasteiger partial charge on any atom is -0.491 e. The average molecular weight is 273 g/mol. The fraction of sp³-hybridized carbons (Fsp3) is 0.417. The molecule has 0 aromatic heterocycles. The number of carbonyl (C=O) groups is 1. The molecular formula is C12H16FNO3S. The van der Waals surface area contributed by atoms with Gasteiger partial charge in [-0.05, 0) is 19.9 Å². The number of nitrogens with two attached hydrogens (primary N) is 1. The Balaban J connectivity index is 2.75. The lowest BCUT2D eigenvalue weighted by Crippen LogP contribution is -2.07. The van der Waals surface area contributed by atoms with Gasteiger partial charge in [0, 0.05) is 16.6 Å². The Morgan fingerprint density at radius 3 is 2.72 bits per heavy atom. The summed E-state index contributed by atoms with van der Waals surface area (Å²) >= 11 is 1.20. The summed E-state index contributed by atoms with van der Waals surface area (Å²) in [5, 5.41) is 0. The van der Waals surface area contributed by atoms with Gasteiger partial charge in [0.2, 0.25) is 0 Å². The van der Waals surface area contributed by atoms with Crippen LogP contribution in [0.1, 0.15) is 13.8 Å². The Hall–Kier alpha value is -1.43. The maximum absolute atomic E-state index is 13.4. The van der Waals surface area contributed by atoms with Gasteiger partial charge in [-0.25, -0.2) is 4.39 Å². The van der Waals surface area contributed by atoms with Crippen molar-refractivity contribution in [1.29, 1.82) is 0 Å². The molecule has 0 fully saturated rings. The monoisotopic (exact) mass is 273 g/mol. The molecule has 1 aromatic rings. The zero-order valence-corrected chi connectivity index (χ0v) is 11.2. The van der Waals surface area contributed by atoms with Crippen molar-refractivity contribution in [3.8, 4) is 5.75 Å². The lowest BCUT2D eigenvalue weighted by atomic mass is 10.3. The molecule has 18 heavy (non-hydrogen) atoms. The third-order valence-corrected chi connectivity index (χ3v) is 3.06. The largest absolute Gasteiger partial charge is 0.491 e. The van der Waals surface area contributed by atoms with Gasteiger partial charge >= 0.3 is 5.97 Å². The molecule has 6 heteroatoms. The van der Waals surface area contributed by atoms with Gasteiger partial charge in [-0.3, -0.25) is 4.79 Å². The first-order valence-corrected chi connectivity index (χ1v) is 6.57. The van der Waals surface area contributed by atoms with E-state index in [9.17, 15) is 9.18 Å². The molecule has 0 aliphatic heterocycles. The molecule has 0 spiro atoms. The molecule has 4 nitrogen and oxygen atoms in total. The highest BCUT2D eigenvalue weighted by atomic mass is 32.2. The van der Waals surface area contributed by atoms with Gasteiger partial charge in [-0.15, -0.1) is 11.8 Å². The van der Waals surface area contributed by atoms with E-state index in [-0.39, 0.29) is 23.2 Å². The van der Waals surface area contributed by atoms with Crippen LogP contribution in [0.25, 0.3) is 0 Å². The molecule has 0 saturated carbocycles. The molecule has 0 bridgehead atoms. The highest BCUT2D eigenvalue weighted by molar-refractivity contribution is 8.00. The molecule has 0 amide bonds. The van der Waals surface area contributed by atoms with Crippen molar-refractivity contribution in [3.05, 3.63) is 17.9 Å². The first-order chi connectivity index (χ1) is 8.58. The van der Waals surface area contributed by atoms with E-state index in [4.69, 9.17) is 15.2 Å². The standard InChI is InChI=1S/C12H16FNO3S/c1-3-16-10-6-11(9(14)5-8(10)13)18-7-12(15)17-4-2/h5-6H,3-4,7,14H2,1-2H3. The maximum atomic E-state index is 13.4. The zero-order valence-electron chi connectivity index (χ0n) is 10.4. The van der Waals surface area contributed by atoms with Gasteiger partial charge in [0.05, 0.1) is 19.0 Å². The summed E-state index contributed by atoms with van der Waals surface area (Å²) in [6.07, 6.45) is 0. The maximum Gasteiger partial charge on any atom is 0.316 e. The van der Waals surface area contributed by atoms with Gasteiger partial charge in [0.25, 0.3) is 0 Å². The number of thioether (sulfide) groups is 1. The smallest absolute Gasteiger partial charge is 0.316 e. The number of esters is 1. The second-order valence-electron chi connectivity index (χ2n) is 3.35. The van der Waals surface area contributed by atoms with Crippen molar-refractivity contribution in [3.63, 3.8) is 0 Å². The molecule has 0 heterocycles. The Labute approximate surface area is 110 Å². The van der Waals surface area contributed by atoms with E-state index >= 15 is 0 Å². The third kappa shape index (κ3) is 4.10. The number of rotatable bonds is 6. The lowest BCUT2D eigenvalue weighted by molar-refractivity contribution is -0.139. The van der Waals surface area contributed by atoms with Crippen LogP contribution in [-0.4, -0.2) is 24.9 Å². The summed E-state index contributed by atoms with van der Waals surface area (Å²) < 4.78 is 23.4. The highest BCUT2D eigenvalue weighted by Crippen LogP contribution is 2.31. The molecule has 2 N–H and O–H groups in total. The van der Waals surface area contributed by atoms with Gasteiger partial charge < -0.3 is 15.2 Å². The first-order valence-electron chi connectivity index (χ1n) is 5.58. The number of nitrogen functional groups attached to an aromatic ring is 1. The molecule has 0 unspecified atom stereocenters. The number of hydrogen-bond acceptors (Lipinski definition) is 5. The molecule has 0 aliphatic carbocycles. The van der Waals surface area contributed by atoms with E-state index < -0.39 is 5.82 Å². The van der Waals surface area contributed by atoms with Crippen LogP contribution in [0.4, 0.5) is 10.1 Å². The number of anilines is 1. The topological polar surface area (TPSA) is 61.5 Å². The van der Waals surface area contributed by atoms with E-state index in [2.05, 4.69) is 0 Å². The molecule has 0 atom stereocenters. The van der Waals surface area contributed by atoms with Gasteiger partial charge in [-0.2, -0.15) is 0 Å². The average Bonchev–Trinajstić information content (AvgIpc) is 2.31. The summed E-state index contributed by atoms with van der Waals surface area (Å²) in [7, 11) is 0. The molecule has 1 rings (SSSR count). The molecular weight excluding hydrogens is 257 g/mol. The van der Waals surface area contributed by atoms with Gasteiger partial charge in [0.15, 0.2) is 11.6 Å². The SMILES string of the molecule is CCOC(=O)CSc1cc(OCC)c(F)cc1N. The molecule has 100 valence electrons. The number of carbonyl (C=O) groups excluding carboxylic acids is 1. The number of hydrogen-bond donors (Lipinski definition) is 1. The number of ether oxygens (including phenoxy) is 2. The summed E-state index contributed by atoms with van der Waals surface area (Å²) in [5.41, 5.74) is 5.96. The molecule has 0 saturated heterocycles. The second kappa shape index (κ2) is 7.10.